The fraction of sp³-hybridized carbons (Fsp3) is 0.176. The van der Waals surface area contributed by atoms with Crippen LogP contribution in [0.3, 0.4) is 0 Å². The molecule has 0 heterocycles. The molecule has 0 aliphatic rings. The summed E-state index contributed by atoms with van der Waals surface area (Å²) in [5.74, 6) is 0.379. The van der Waals surface area contributed by atoms with Crippen LogP contribution in [0.2, 0.25) is 0 Å². The van der Waals surface area contributed by atoms with Crippen LogP contribution in [0.25, 0.3) is 0 Å². The van der Waals surface area contributed by atoms with Crippen LogP contribution in [0, 0.1) is 0 Å². The molecule has 0 aliphatic heterocycles. The van der Waals surface area contributed by atoms with Gasteiger partial charge in [0, 0.05) is 12.4 Å². The van der Waals surface area contributed by atoms with Gasteiger partial charge in [0.1, 0.15) is 22.9 Å². The second-order valence-corrected chi connectivity index (χ2v) is 4.53. The molecular weight excluding hydrogens is 264 g/mol. The minimum atomic E-state index is 0.190. The van der Waals surface area contributed by atoms with E-state index in [4.69, 9.17) is 0 Å². The summed E-state index contributed by atoms with van der Waals surface area (Å²) in [6.45, 7) is 0. The molecule has 0 atom stereocenters. The Morgan fingerprint density at radius 3 is 1.57 bits per heavy atom. The van der Waals surface area contributed by atoms with Gasteiger partial charge in [0.05, 0.1) is 0 Å². The van der Waals surface area contributed by atoms with Gasteiger partial charge in [-0.2, -0.15) is 0 Å². The summed E-state index contributed by atoms with van der Waals surface area (Å²) in [5, 5.41) is 19.1. The third-order valence-electron chi connectivity index (χ3n) is 2.89. The summed E-state index contributed by atoms with van der Waals surface area (Å²) < 4.78 is 0. The van der Waals surface area contributed by atoms with E-state index in [1.807, 2.05) is 12.1 Å². The monoisotopic (exact) mass is 282 g/mol. The van der Waals surface area contributed by atoms with Crippen molar-refractivity contribution >= 4 is 23.8 Å². The van der Waals surface area contributed by atoms with Crippen molar-refractivity contribution in [3.63, 3.8) is 0 Å². The van der Waals surface area contributed by atoms with Gasteiger partial charge in [-0.15, -0.1) is 0 Å². The van der Waals surface area contributed by atoms with Gasteiger partial charge in [-0.05, 0) is 43.5 Å². The van der Waals surface area contributed by atoms with E-state index in [0.717, 1.165) is 19.3 Å². The number of phenolic OH excluding ortho intramolecular Hbond substituents is 2. The largest absolute Gasteiger partial charge is 0.506 e. The van der Waals surface area contributed by atoms with E-state index in [2.05, 4.69) is 9.98 Å². The van der Waals surface area contributed by atoms with Crippen molar-refractivity contribution in [3.8, 4) is 11.5 Å². The fourth-order valence-electron chi connectivity index (χ4n) is 1.77. The number of hydrogen-bond acceptors (Lipinski definition) is 4. The van der Waals surface area contributed by atoms with Crippen molar-refractivity contribution in [2.45, 2.75) is 19.3 Å². The first-order valence-corrected chi connectivity index (χ1v) is 6.88. The van der Waals surface area contributed by atoms with Gasteiger partial charge in [-0.3, -0.25) is 9.98 Å². The van der Waals surface area contributed by atoms with Crippen molar-refractivity contribution < 1.29 is 10.2 Å². The predicted octanol–water partition coefficient (Wildman–Crippen LogP) is 4.37. The van der Waals surface area contributed by atoms with E-state index < -0.39 is 0 Å². The summed E-state index contributed by atoms with van der Waals surface area (Å²) >= 11 is 0. The predicted molar refractivity (Wildman–Crippen MR) is 86.4 cm³/mol. The highest BCUT2D eigenvalue weighted by molar-refractivity contribution is 5.68. The minimum Gasteiger partial charge on any atom is -0.506 e. The average Bonchev–Trinajstić information content (AvgIpc) is 2.50. The van der Waals surface area contributed by atoms with Crippen LogP contribution in [0.5, 0.6) is 11.5 Å². The number of rotatable bonds is 6. The second-order valence-electron chi connectivity index (χ2n) is 4.53. The molecule has 0 aliphatic carbocycles. The summed E-state index contributed by atoms with van der Waals surface area (Å²) in [4.78, 5) is 8.43. The molecule has 0 radical (unpaired) electrons. The Kier molecular flexibility index (Phi) is 5.52. The third kappa shape index (κ3) is 4.76. The van der Waals surface area contributed by atoms with Crippen LogP contribution in [0.15, 0.2) is 58.5 Å². The van der Waals surface area contributed by atoms with E-state index in [1.54, 1.807) is 48.8 Å². The third-order valence-corrected chi connectivity index (χ3v) is 2.89. The topological polar surface area (TPSA) is 65.2 Å². The van der Waals surface area contributed by atoms with Gasteiger partial charge in [0.15, 0.2) is 0 Å². The Morgan fingerprint density at radius 1 is 0.714 bits per heavy atom. The molecule has 0 bridgehead atoms. The van der Waals surface area contributed by atoms with Crippen LogP contribution in [-0.2, 0) is 0 Å². The molecule has 21 heavy (non-hydrogen) atoms. The number of nitrogens with zero attached hydrogens (tertiary/aromatic N) is 2. The molecule has 108 valence electrons. The standard InChI is InChI=1S/C17H18N2O2/c20-16-10-4-2-8-14(16)18-12-6-1-7-13-19-15-9-3-5-11-17(15)21/h2-5,8-13,20-21H,1,6-7H2. The molecular formula is C17H18N2O2. The van der Waals surface area contributed by atoms with Crippen LogP contribution >= 0.6 is 0 Å². The molecule has 2 aromatic carbocycles. The van der Waals surface area contributed by atoms with E-state index in [-0.39, 0.29) is 11.5 Å². The maximum Gasteiger partial charge on any atom is 0.141 e. The SMILES string of the molecule is Oc1ccccc1N=CCCCC=Nc1ccccc1O. The molecule has 2 rings (SSSR count). The van der Waals surface area contributed by atoms with Crippen molar-refractivity contribution in [2.24, 2.45) is 9.98 Å². The lowest BCUT2D eigenvalue weighted by Gasteiger charge is -1.97. The maximum atomic E-state index is 9.54. The molecule has 2 aromatic rings. The van der Waals surface area contributed by atoms with Crippen molar-refractivity contribution in [1.82, 2.24) is 0 Å². The Hall–Kier alpha value is -2.62. The van der Waals surface area contributed by atoms with E-state index in [0.29, 0.717) is 11.4 Å². The smallest absolute Gasteiger partial charge is 0.141 e. The van der Waals surface area contributed by atoms with Crippen LogP contribution in [0.1, 0.15) is 19.3 Å². The molecule has 0 saturated heterocycles. The minimum absolute atomic E-state index is 0.190. The summed E-state index contributed by atoms with van der Waals surface area (Å²) in [6.07, 6.45) is 6.11. The first kappa shape index (κ1) is 14.8. The zero-order valence-corrected chi connectivity index (χ0v) is 11.7. The maximum absolute atomic E-state index is 9.54. The van der Waals surface area contributed by atoms with Crippen molar-refractivity contribution in [1.29, 1.82) is 0 Å². The lowest BCUT2D eigenvalue weighted by atomic mass is 10.2. The molecule has 4 heteroatoms. The molecule has 0 unspecified atom stereocenters. The van der Waals surface area contributed by atoms with Gasteiger partial charge in [0.2, 0.25) is 0 Å². The number of aromatic hydroxyl groups is 2. The molecule has 0 aromatic heterocycles. The van der Waals surface area contributed by atoms with Crippen LogP contribution < -0.4 is 0 Å². The molecule has 2 N–H and O–H groups in total. The summed E-state index contributed by atoms with van der Waals surface area (Å²) in [6, 6.07) is 14.0. The van der Waals surface area contributed by atoms with Crippen molar-refractivity contribution in [2.75, 3.05) is 0 Å². The van der Waals surface area contributed by atoms with Gasteiger partial charge in [-0.25, -0.2) is 0 Å². The molecule has 0 spiro atoms. The first-order valence-electron chi connectivity index (χ1n) is 6.88. The fourth-order valence-corrected chi connectivity index (χ4v) is 1.77. The summed E-state index contributed by atoms with van der Waals surface area (Å²) in [7, 11) is 0. The number of benzene rings is 2. The first-order chi connectivity index (χ1) is 10.3. The Balaban J connectivity index is 1.73. The number of aliphatic imine (C=N–C) groups is 2. The van der Waals surface area contributed by atoms with Crippen LogP contribution in [0.4, 0.5) is 11.4 Å². The Morgan fingerprint density at radius 2 is 1.14 bits per heavy atom. The van der Waals surface area contributed by atoms with Gasteiger partial charge >= 0.3 is 0 Å². The van der Waals surface area contributed by atoms with E-state index in [1.165, 1.54) is 0 Å². The number of phenols is 2. The van der Waals surface area contributed by atoms with Crippen molar-refractivity contribution in [3.05, 3.63) is 48.5 Å². The zero-order valence-electron chi connectivity index (χ0n) is 11.7. The highest BCUT2D eigenvalue weighted by atomic mass is 16.3. The second kappa shape index (κ2) is 7.85. The number of unbranched alkanes of at least 4 members (excludes halogenated alkanes) is 2. The number of para-hydroxylation sites is 4. The number of hydrogen-bond donors (Lipinski definition) is 2. The average molecular weight is 282 g/mol. The molecule has 0 saturated carbocycles. The lowest BCUT2D eigenvalue weighted by Crippen LogP contribution is -1.80. The normalized spacial score (nSPS) is 11.4. The Labute approximate surface area is 124 Å². The van der Waals surface area contributed by atoms with Gasteiger partial charge < -0.3 is 10.2 Å². The zero-order chi connectivity index (χ0) is 14.9. The highest BCUT2D eigenvalue weighted by Gasteiger charge is 1.95. The molecule has 4 nitrogen and oxygen atoms in total. The van der Waals surface area contributed by atoms with E-state index in [9.17, 15) is 10.2 Å². The Bertz CT molecular complexity index is 581. The molecule has 0 amide bonds. The lowest BCUT2D eigenvalue weighted by molar-refractivity contribution is 0.476. The van der Waals surface area contributed by atoms with Gasteiger partial charge in [-0.1, -0.05) is 24.3 Å². The quantitative estimate of drug-likeness (QED) is 0.610. The van der Waals surface area contributed by atoms with E-state index >= 15 is 0 Å². The highest BCUT2D eigenvalue weighted by Crippen LogP contribution is 2.25. The summed E-state index contributed by atoms with van der Waals surface area (Å²) in [5.41, 5.74) is 1.17. The molecule has 0 fully saturated rings. The van der Waals surface area contributed by atoms with Crippen LogP contribution in [-0.4, -0.2) is 22.6 Å². The van der Waals surface area contributed by atoms with Gasteiger partial charge in [0.25, 0.3) is 0 Å².